The summed E-state index contributed by atoms with van der Waals surface area (Å²) >= 11 is 0. The first-order valence-corrected chi connectivity index (χ1v) is 23.6. The molecule has 0 aromatic rings. The standard InChI is InChI=1S/C46H83N7O14/c1-44(2,3)65-41(59)51-24-14-21-47-36(55)17-28-62-34-31-33(40(58)50-20-12-10-11-13-27-54)32-35(63-29-18-37(56)48-22-15-25-52-42(60)66-45(4,5)6)39(34)64-30-19-38(57)49-23-16-26-53-43(61)67-46(7,8)9/h31,34-35,39,54H,10-30,32H2,1-9H3,(H,47,55)(H,48,56)(H,49,57)(H,50,58)(H,51,59)(H,52,60)(H,53,61)/t34-,35-,39-/m1/s1. The second-order valence-electron chi connectivity index (χ2n) is 19.0. The molecule has 0 saturated carbocycles. The Balaban J connectivity index is 3.01. The van der Waals surface area contributed by atoms with Gasteiger partial charge in [-0.05, 0) is 100 Å². The van der Waals surface area contributed by atoms with Gasteiger partial charge in [-0.2, -0.15) is 0 Å². The molecule has 1 aliphatic rings. The summed E-state index contributed by atoms with van der Waals surface area (Å²) in [5, 5.41) is 28.4. The van der Waals surface area contributed by atoms with Crippen molar-refractivity contribution >= 4 is 41.9 Å². The minimum Gasteiger partial charge on any atom is -0.444 e. The lowest BCUT2D eigenvalue weighted by Crippen LogP contribution is -2.47. The molecular formula is C46H83N7O14. The van der Waals surface area contributed by atoms with Crippen LogP contribution in [0.25, 0.3) is 0 Å². The molecule has 1 aliphatic carbocycles. The van der Waals surface area contributed by atoms with Crippen LogP contribution in [0.4, 0.5) is 14.4 Å². The first kappa shape index (κ1) is 60.3. The van der Waals surface area contributed by atoms with Crippen LogP contribution in [-0.4, -0.2) is 154 Å². The molecule has 0 radical (unpaired) electrons. The van der Waals surface area contributed by atoms with Crippen molar-refractivity contribution in [1.82, 2.24) is 37.2 Å². The lowest BCUT2D eigenvalue weighted by molar-refractivity contribution is -0.144. The van der Waals surface area contributed by atoms with E-state index in [1.54, 1.807) is 68.4 Å². The Morgan fingerprint density at radius 3 is 1.28 bits per heavy atom. The van der Waals surface area contributed by atoms with Crippen LogP contribution in [0, 0.1) is 0 Å². The average molecular weight is 958 g/mol. The van der Waals surface area contributed by atoms with Crippen LogP contribution in [0.5, 0.6) is 0 Å². The van der Waals surface area contributed by atoms with Crippen molar-refractivity contribution in [3.05, 3.63) is 11.6 Å². The van der Waals surface area contributed by atoms with E-state index >= 15 is 0 Å². The van der Waals surface area contributed by atoms with Crippen molar-refractivity contribution in [2.45, 2.75) is 168 Å². The molecule has 7 amide bonds. The van der Waals surface area contributed by atoms with Crippen LogP contribution in [0.3, 0.4) is 0 Å². The Labute approximate surface area is 397 Å². The molecule has 0 fully saturated rings. The third-order valence-corrected chi connectivity index (χ3v) is 9.11. The van der Waals surface area contributed by atoms with E-state index in [4.69, 9.17) is 33.5 Å². The molecular weight excluding hydrogens is 875 g/mol. The van der Waals surface area contributed by atoms with Gasteiger partial charge in [0.2, 0.25) is 23.6 Å². The number of carbonyl (C=O) groups is 7. The highest BCUT2D eigenvalue weighted by Gasteiger charge is 2.38. The summed E-state index contributed by atoms with van der Waals surface area (Å²) in [5.74, 6) is -1.23. The lowest BCUT2D eigenvalue weighted by atomic mass is 9.91. The number of unbranched alkanes of at least 4 members (excludes halogenated alkanes) is 3. The van der Waals surface area contributed by atoms with Gasteiger partial charge < -0.3 is 70.7 Å². The molecule has 0 bridgehead atoms. The smallest absolute Gasteiger partial charge is 0.407 e. The van der Waals surface area contributed by atoms with E-state index in [0.717, 1.165) is 12.8 Å². The van der Waals surface area contributed by atoms with Gasteiger partial charge in [0.1, 0.15) is 29.0 Å². The lowest BCUT2D eigenvalue weighted by Gasteiger charge is -2.36. The zero-order valence-electron chi connectivity index (χ0n) is 41.6. The topological polar surface area (TPSA) is 279 Å². The van der Waals surface area contributed by atoms with Crippen LogP contribution in [0.15, 0.2) is 11.6 Å². The van der Waals surface area contributed by atoms with Crippen LogP contribution >= 0.6 is 0 Å². The number of alkyl carbamates (subject to hydrolysis) is 3. The molecule has 386 valence electrons. The Kier molecular flexibility index (Phi) is 29.6. The first-order valence-electron chi connectivity index (χ1n) is 23.6. The predicted octanol–water partition coefficient (Wildman–Crippen LogP) is 3.40. The highest BCUT2D eigenvalue weighted by molar-refractivity contribution is 5.93. The largest absolute Gasteiger partial charge is 0.444 e. The maximum Gasteiger partial charge on any atom is 0.407 e. The monoisotopic (exact) mass is 958 g/mol. The summed E-state index contributed by atoms with van der Waals surface area (Å²) in [6.45, 7) is 18.0. The van der Waals surface area contributed by atoms with E-state index in [-0.39, 0.29) is 75.7 Å². The molecule has 21 heteroatoms. The van der Waals surface area contributed by atoms with Crippen molar-refractivity contribution in [2.75, 3.05) is 72.2 Å². The first-order chi connectivity index (χ1) is 31.5. The van der Waals surface area contributed by atoms with Crippen molar-refractivity contribution < 1.29 is 67.1 Å². The molecule has 21 nitrogen and oxygen atoms in total. The SMILES string of the molecule is CC(C)(C)OC(=O)NCCCNC(=O)CCO[C@@H]1[C@H](OCCC(=O)NCCCNC(=O)OC(C)(C)C)C=C(C(=O)NCCCCCCO)C[C@H]1OCCC(=O)NCCCNC(=O)OC(C)(C)C. The third kappa shape index (κ3) is 33.4. The maximum absolute atomic E-state index is 13.5. The minimum atomic E-state index is -0.886. The van der Waals surface area contributed by atoms with Crippen molar-refractivity contribution in [1.29, 1.82) is 0 Å². The summed E-state index contributed by atoms with van der Waals surface area (Å²) in [6, 6.07) is 0. The molecule has 3 atom stereocenters. The molecule has 0 heterocycles. The predicted molar refractivity (Wildman–Crippen MR) is 250 cm³/mol. The summed E-state index contributed by atoms with van der Waals surface area (Å²) in [7, 11) is 0. The van der Waals surface area contributed by atoms with Crippen LogP contribution in [-0.2, 0) is 47.6 Å². The average Bonchev–Trinajstić information content (AvgIpc) is 3.20. The Morgan fingerprint density at radius 1 is 0.493 bits per heavy atom. The number of aliphatic hydroxyl groups excluding tert-OH is 1. The minimum absolute atomic E-state index is 0.0218. The number of rotatable bonds is 31. The fourth-order valence-electron chi connectivity index (χ4n) is 6.08. The van der Waals surface area contributed by atoms with E-state index in [9.17, 15) is 33.6 Å². The molecule has 0 unspecified atom stereocenters. The zero-order valence-corrected chi connectivity index (χ0v) is 41.6. The zero-order chi connectivity index (χ0) is 50.3. The quantitative estimate of drug-likeness (QED) is 0.0366. The second kappa shape index (κ2) is 32.9. The summed E-state index contributed by atoms with van der Waals surface area (Å²) in [4.78, 5) is 87.6. The van der Waals surface area contributed by atoms with Gasteiger partial charge >= 0.3 is 18.3 Å². The van der Waals surface area contributed by atoms with Crippen LogP contribution in [0.2, 0.25) is 0 Å². The van der Waals surface area contributed by atoms with Gasteiger partial charge in [-0.15, -0.1) is 0 Å². The number of ether oxygens (including phenoxy) is 6. The number of aliphatic hydroxyl groups is 1. The highest BCUT2D eigenvalue weighted by Crippen LogP contribution is 2.27. The summed E-state index contributed by atoms with van der Waals surface area (Å²) in [6.07, 6.45) is 1.94. The van der Waals surface area contributed by atoms with E-state index in [2.05, 4.69) is 37.2 Å². The molecule has 0 aromatic carbocycles. The Hall–Kier alpha value is -4.73. The number of carbonyl (C=O) groups excluding carboxylic acids is 7. The summed E-state index contributed by atoms with van der Waals surface area (Å²) in [5.41, 5.74) is -1.52. The molecule has 1 rings (SSSR count). The second-order valence-corrected chi connectivity index (χ2v) is 19.0. The summed E-state index contributed by atoms with van der Waals surface area (Å²) < 4.78 is 34.4. The fourth-order valence-corrected chi connectivity index (χ4v) is 6.08. The van der Waals surface area contributed by atoms with Gasteiger partial charge in [0.25, 0.3) is 0 Å². The van der Waals surface area contributed by atoms with Gasteiger partial charge in [-0.1, -0.05) is 12.8 Å². The molecule has 8 N–H and O–H groups in total. The van der Waals surface area contributed by atoms with Crippen molar-refractivity contribution in [3.63, 3.8) is 0 Å². The van der Waals surface area contributed by atoms with Gasteiger partial charge in [0, 0.05) is 83.7 Å². The van der Waals surface area contributed by atoms with E-state index in [1.807, 2.05) is 0 Å². The molecule has 0 aromatic heterocycles. The highest BCUT2D eigenvalue weighted by atomic mass is 16.6. The van der Waals surface area contributed by atoms with Gasteiger partial charge in [-0.25, -0.2) is 14.4 Å². The van der Waals surface area contributed by atoms with Gasteiger partial charge in [-0.3, -0.25) is 19.2 Å². The maximum atomic E-state index is 13.5. The number of hydrogen-bond acceptors (Lipinski definition) is 14. The molecule has 0 aliphatic heterocycles. The van der Waals surface area contributed by atoms with Crippen molar-refractivity contribution in [2.24, 2.45) is 0 Å². The number of amides is 7. The van der Waals surface area contributed by atoms with E-state index < -0.39 is 53.4 Å². The van der Waals surface area contributed by atoms with E-state index in [1.165, 1.54) is 0 Å². The normalized spacial score (nSPS) is 16.1. The Bertz CT molecular complexity index is 1540. The van der Waals surface area contributed by atoms with Crippen molar-refractivity contribution in [3.8, 4) is 0 Å². The molecule has 67 heavy (non-hydrogen) atoms. The van der Waals surface area contributed by atoms with Gasteiger partial charge in [0.05, 0.1) is 25.9 Å². The molecule has 0 saturated heterocycles. The fraction of sp³-hybridized carbons (Fsp3) is 0.804. The van der Waals surface area contributed by atoms with E-state index in [0.29, 0.717) is 83.5 Å². The third-order valence-electron chi connectivity index (χ3n) is 9.11. The van der Waals surface area contributed by atoms with Crippen LogP contribution < -0.4 is 37.2 Å². The van der Waals surface area contributed by atoms with Crippen LogP contribution in [0.1, 0.15) is 133 Å². The van der Waals surface area contributed by atoms with Gasteiger partial charge in [0.15, 0.2) is 0 Å². The molecule has 0 spiro atoms. The Morgan fingerprint density at radius 2 is 0.866 bits per heavy atom. The number of hydrogen-bond donors (Lipinski definition) is 8. The number of nitrogens with one attached hydrogen (secondary N) is 7.